The molecule has 0 fully saturated rings. The lowest BCUT2D eigenvalue weighted by atomic mass is 9.93. The van der Waals surface area contributed by atoms with E-state index in [1.807, 2.05) is 12.1 Å². The average molecular weight is 501 g/mol. The average Bonchev–Trinajstić information content (AvgIpc) is 3.24. The zero-order valence-electron chi connectivity index (χ0n) is 19.5. The molecule has 0 atom stereocenters. The number of hydrogen-bond donors (Lipinski definition) is 1. The summed E-state index contributed by atoms with van der Waals surface area (Å²) >= 11 is 0. The number of nitro benzene ring substituents is 2. The van der Waals surface area contributed by atoms with Gasteiger partial charge in [0.15, 0.2) is 5.75 Å². The lowest BCUT2D eigenvalue weighted by Gasteiger charge is -2.13. The highest BCUT2D eigenvalue weighted by Gasteiger charge is 2.29. The summed E-state index contributed by atoms with van der Waals surface area (Å²) in [7, 11) is 0. The number of carbonyl (C=O) groups is 1. The first-order valence-electron chi connectivity index (χ1n) is 11.3. The van der Waals surface area contributed by atoms with Gasteiger partial charge in [0.2, 0.25) is 5.76 Å². The van der Waals surface area contributed by atoms with E-state index < -0.39 is 27.2 Å². The van der Waals surface area contributed by atoms with Crippen LogP contribution < -0.4 is 10.2 Å². The van der Waals surface area contributed by atoms with Gasteiger partial charge in [0.1, 0.15) is 17.0 Å². The zero-order chi connectivity index (χ0) is 26.1. The predicted octanol–water partition coefficient (Wildman–Crippen LogP) is 5.32. The Morgan fingerprint density at radius 2 is 1.92 bits per heavy atom. The van der Waals surface area contributed by atoms with E-state index in [2.05, 4.69) is 15.5 Å². The number of para-hydroxylation sites is 1. The van der Waals surface area contributed by atoms with E-state index in [1.54, 1.807) is 31.3 Å². The van der Waals surface area contributed by atoms with Gasteiger partial charge in [-0.1, -0.05) is 18.2 Å². The first-order chi connectivity index (χ1) is 17.8. The fourth-order valence-electron chi connectivity index (χ4n) is 4.29. The number of nitrogens with one attached hydrogen (secondary N) is 1. The molecule has 0 unspecified atom stereocenters. The number of nitro groups is 2. The van der Waals surface area contributed by atoms with Gasteiger partial charge in [-0.15, -0.1) is 0 Å². The van der Waals surface area contributed by atoms with Crippen molar-refractivity contribution in [3.63, 3.8) is 0 Å². The molecule has 186 valence electrons. The van der Waals surface area contributed by atoms with Crippen molar-refractivity contribution in [2.45, 2.75) is 26.2 Å². The van der Waals surface area contributed by atoms with Crippen LogP contribution in [0.15, 0.2) is 64.2 Å². The Bertz CT molecular complexity index is 1600. The standard InChI is InChI=1S/C25H19N5O7/c1-14-22-18(28-27-17-11-10-16(29(32)33)13-19(17)30(34)35)7-3-8-20(22)36-24(14)25(31)37-21-9-2-5-15-6-4-12-26-23(15)21/h2,4-6,9-13,27H,3,7-8H2,1H3/b28-18+. The highest BCUT2D eigenvalue weighted by atomic mass is 16.6. The van der Waals surface area contributed by atoms with Crippen LogP contribution in [0.1, 0.15) is 40.3 Å². The van der Waals surface area contributed by atoms with Gasteiger partial charge >= 0.3 is 11.7 Å². The molecule has 12 nitrogen and oxygen atoms in total. The van der Waals surface area contributed by atoms with E-state index in [0.717, 1.165) is 17.5 Å². The van der Waals surface area contributed by atoms with E-state index in [0.29, 0.717) is 53.1 Å². The van der Waals surface area contributed by atoms with Crippen molar-refractivity contribution in [2.24, 2.45) is 5.10 Å². The zero-order valence-corrected chi connectivity index (χ0v) is 19.5. The van der Waals surface area contributed by atoms with Crippen LogP contribution in [0.5, 0.6) is 5.75 Å². The summed E-state index contributed by atoms with van der Waals surface area (Å²) in [5.74, 6) is 0.223. The number of benzene rings is 2. The number of hydrazone groups is 1. The smallest absolute Gasteiger partial charge is 0.380 e. The van der Waals surface area contributed by atoms with Gasteiger partial charge in [0, 0.05) is 35.2 Å². The maximum atomic E-state index is 13.1. The molecular weight excluding hydrogens is 482 g/mol. The predicted molar refractivity (Wildman–Crippen MR) is 133 cm³/mol. The quantitative estimate of drug-likeness (QED) is 0.159. The molecule has 0 amide bonds. The number of pyridine rings is 1. The number of rotatable bonds is 6. The van der Waals surface area contributed by atoms with Gasteiger partial charge in [-0.3, -0.25) is 30.6 Å². The number of nitrogens with zero attached hydrogens (tertiary/aromatic N) is 4. The summed E-state index contributed by atoms with van der Waals surface area (Å²) in [6.07, 6.45) is 3.41. The monoisotopic (exact) mass is 501 g/mol. The molecular formula is C25H19N5O7. The molecule has 0 radical (unpaired) electrons. The van der Waals surface area contributed by atoms with Crippen LogP contribution in [-0.4, -0.2) is 26.5 Å². The molecule has 12 heteroatoms. The summed E-state index contributed by atoms with van der Waals surface area (Å²) in [5, 5.41) is 27.6. The number of aromatic nitrogens is 1. The molecule has 37 heavy (non-hydrogen) atoms. The molecule has 2 aromatic carbocycles. The number of ether oxygens (including phenoxy) is 1. The van der Waals surface area contributed by atoms with Gasteiger partial charge in [0.05, 0.1) is 21.6 Å². The molecule has 5 rings (SSSR count). The van der Waals surface area contributed by atoms with Crippen LogP contribution in [-0.2, 0) is 6.42 Å². The largest absolute Gasteiger partial charge is 0.453 e. The summed E-state index contributed by atoms with van der Waals surface area (Å²) in [6.45, 7) is 1.72. The summed E-state index contributed by atoms with van der Waals surface area (Å²) < 4.78 is 11.5. The molecule has 2 aromatic heterocycles. The van der Waals surface area contributed by atoms with Crippen molar-refractivity contribution in [3.8, 4) is 5.75 Å². The molecule has 0 saturated carbocycles. The number of anilines is 1. The summed E-state index contributed by atoms with van der Waals surface area (Å²) in [4.78, 5) is 38.3. The molecule has 1 N–H and O–H groups in total. The summed E-state index contributed by atoms with van der Waals surface area (Å²) in [5.41, 5.74) is 4.02. The van der Waals surface area contributed by atoms with Gasteiger partial charge in [-0.05, 0) is 38.0 Å². The molecule has 0 saturated heterocycles. The van der Waals surface area contributed by atoms with E-state index in [9.17, 15) is 25.0 Å². The van der Waals surface area contributed by atoms with E-state index >= 15 is 0 Å². The Morgan fingerprint density at radius 3 is 2.70 bits per heavy atom. The van der Waals surface area contributed by atoms with Crippen molar-refractivity contribution in [3.05, 3.63) is 97.6 Å². The third-order valence-electron chi connectivity index (χ3n) is 6.01. The van der Waals surface area contributed by atoms with Crippen molar-refractivity contribution < 1.29 is 23.8 Å². The molecule has 1 aliphatic carbocycles. The Kier molecular flexibility index (Phi) is 6.05. The minimum Gasteiger partial charge on any atom is -0.453 e. The normalized spacial score (nSPS) is 13.8. The first kappa shape index (κ1) is 23.6. The Morgan fingerprint density at radius 1 is 1.11 bits per heavy atom. The van der Waals surface area contributed by atoms with Crippen molar-refractivity contribution >= 4 is 39.6 Å². The van der Waals surface area contributed by atoms with Crippen LogP contribution in [0.25, 0.3) is 10.9 Å². The van der Waals surface area contributed by atoms with Crippen molar-refractivity contribution in [2.75, 3.05) is 5.43 Å². The second kappa shape index (κ2) is 9.49. The Hall–Kier alpha value is -5.13. The molecule has 0 bridgehead atoms. The Labute approximate surface area is 208 Å². The van der Waals surface area contributed by atoms with Gasteiger partial charge < -0.3 is 9.15 Å². The number of non-ortho nitro benzene ring substituents is 1. The van der Waals surface area contributed by atoms with Gasteiger partial charge in [0.25, 0.3) is 5.69 Å². The number of aryl methyl sites for hydroxylation is 1. The van der Waals surface area contributed by atoms with E-state index in [4.69, 9.17) is 9.15 Å². The third kappa shape index (κ3) is 4.47. The highest BCUT2D eigenvalue weighted by molar-refractivity contribution is 6.06. The van der Waals surface area contributed by atoms with Crippen molar-refractivity contribution in [1.82, 2.24) is 4.98 Å². The molecule has 2 heterocycles. The number of esters is 1. The fraction of sp³-hybridized carbons (Fsp3) is 0.160. The number of hydrogen-bond acceptors (Lipinski definition) is 10. The molecule has 4 aromatic rings. The second-order valence-electron chi connectivity index (χ2n) is 8.31. The van der Waals surface area contributed by atoms with Crippen LogP contribution in [0.3, 0.4) is 0 Å². The first-order valence-corrected chi connectivity index (χ1v) is 11.3. The lowest BCUT2D eigenvalue weighted by molar-refractivity contribution is -0.393. The molecule has 1 aliphatic rings. The Balaban J connectivity index is 1.44. The second-order valence-corrected chi connectivity index (χ2v) is 8.31. The topological polar surface area (TPSA) is 163 Å². The number of furan rings is 1. The number of carbonyl (C=O) groups excluding carboxylic acids is 1. The summed E-state index contributed by atoms with van der Waals surface area (Å²) in [6, 6.07) is 12.2. The molecule has 0 aliphatic heterocycles. The maximum Gasteiger partial charge on any atom is 0.380 e. The van der Waals surface area contributed by atoms with Crippen LogP contribution >= 0.6 is 0 Å². The SMILES string of the molecule is Cc1c(C(=O)Oc2cccc3cccnc23)oc2c1/C(=N/Nc1ccc([N+](=O)[O-])cc1[N+](=O)[O-])CCC2. The van der Waals surface area contributed by atoms with Crippen molar-refractivity contribution in [1.29, 1.82) is 0 Å². The van der Waals surface area contributed by atoms with Gasteiger partial charge in [-0.2, -0.15) is 5.10 Å². The van der Waals surface area contributed by atoms with Gasteiger partial charge in [-0.25, -0.2) is 4.79 Å². The highest BCUT2D eigenvalue weighted by Crippen LogP contribution is 2.33. The number of fused-ring (bicyclic) bond motifs is 2. The lowest BCUT2D eigenvalue weighted by Crippen LogP contribution is -2.14. The minimum atomic E-state index is -0.721. The third-order valence-corrected chi connectivity index (χ3v) is 6.01. The fourth-order valence-corrected chi connectivity index (χ4v) is 4.29. The van der Waals surface area contributed by atoms with Crippen LogP contribution in [0, 0.1) is 27.2 Å². The minimum absolute atomic E-state index is 0.000500. The maximum absolute atomic E-state index is 13.1. The van der Waals surface area contributed by atoms with E-state index in [1.165, 1.54) is 6.07 Å². The van der Waals surface area contributed by atoms with E-state index in [-0.39, 0.29) is 11.4 Å². The molecule has 0 spiro atoms. The van der Waals surface area contributed by atoms with Crippen LogP contribution in [0.4, 0.5) is 17.1 Å². The van der Waals surface area contributed by atoms with Crippen LogP contribution in [0.2, 0.25) is 0 Å².